The van der Waals surface area contributed by atoms with Gasteiger partial charge < -0.3 is 4.72 Å². The monoisotopic (exact) mass is 440 g/mol. The van der Waals surface area contributed by atoms with Crippen molar-refractivity contribution in [3.8, 4) is 10.6 Å². The van der Waals surface area contributed by atoms with Crippen LogP contribution in [-0.4, -0.2) is 16.1 Å². The van der Waals surface area contributed by atoms with Gasteiger partial charge in [0.25, 0.3) is 5.91 Å². The average molecular weight is 441 g/mol. The van der Waals surface area contributed by atoms with Crippen molar-refractivity contribution in [2.75, 3.05) is 10.0 Å². The molecule has 0 saturated carbocycles. The van der Waals surface area contributed by atoms with Gasteiger partial charge in [-0.3, -0.25) is 10.1 Å². The summed E-state index contributed by atoms with van der Waals surface area (Å²) >= 11 is 2.39. The van der Waals surface area contributed by atoms with Crippen LogP contribution in [0, 0.1) is 11.6 Å². The van der Waals surface area contributed by atoms with Gasteiger partial charge in [0, 0.05) is 16.1 Å². The maximum absolute atomic E-state index is 14.2. The summed E-state index contributed by atoms with van der Waals surface area (Å²) in [6, 6.07) is 19.6. The van der Waals surface area contributed by atoms with Crippen LogP contribution in [0.25, 0.3) is 10.6 Å². The van der Waals surface area contributed by atoms with E-state index in [2.05, 4.69) is 20.2 Å². The molecular formula is C21H14F2N4OS2. The number of para-hydroxylation sites is 1. The van der Waals surface area contributed by atoms with Crippen LogP contribution in [0.2, 0.25) is 0 Å². The molecule has 0 spiro atoms. The molecule has 0 radical (unpaired) electrons. The molecule has 0 fully saturated rings. The number of hydrogen-bond donors (Lipinski definition) is 2. The topological polar surface area (TPSA) is 66.9 Å². The van der Waals surface area contributed by atoms with Crippen molar-refractivity contribution < 1.29 is 13.6 Å². The molecule has 3 aromatic carbocycles. The van der Waals surface area contributed by atoms with Gasteiger partial charge >= 0.3 is 0 Å². The predicted molar refractivity (Wildman–Crippen MR) is 116 cm³/mol. The molecule has 4 rings (SSSR count). The quantitative estimate of drug-likeness (QED) is 0.368. The summed E-state index contributed by atoms with van der Waals surface area (Å²) in [4.78, 5) is 13.2. The van der Waals surface area contributed by atoms with Crippen molar-refractivity contribution in [2.45, 2.75) is 4.90 Å². The number of anilines is 2. The fraction of sp³-hybridized carbons (Fsp3) is 0. The Hall–Kier alpha value is -3.30. The standard InChI is InChI=1S/C21H14F2N4OS2/c22-14-8-6-13(7-9-14)20-25-26-21(29-20)24-19(28)17-12-16(10-11-18(17)23)30-27-15-4-2-1-3-5-15/h1-12,27H,(H,24,26,28). The maximum Gasteiger partial charge on any atom is 0.260 e. The first-order chi connectivity index (χ1) is 14.6. The van der Waals surface area contributed by atoms with Crippen molar-refractivity contribution in [3.63, 3.8) is 0 Å². The molecule has 150 valence electrons. The zero-order valence-corrected chi connectivity index (χ0v) is 16.9. The minimum atomic E-state index is -0.639. The lowest BCUT2D eigenvalue weighted by atomic mass is 10.2. The lowest BCUT2D eigenvalue weighted by molar-refractivity contribution is 0.102. The molecule has 1 aromatic heterocycles. The van der Waals surface area contributed by atoms with Gasteiger partial charge in [0.15, 0.2) is 0 Å². The van der Waals surface area contributed by atoms with E-state index in [9.17, 15) is 13.6 Å². The molecular weight excluding hydrogens is 426 g/mol. The Bertz CT molecular complexity index is 1170. The van der Waals surface area contributed by atoms with E-state index >= 15 is 0 Å². The van der Waals surface area contributed by atoms with Crippen LogP contribution in [0.5, 0.6) is 0 Å². The zero-order valence-electron chi connectivity index (χ0n) is 15.3. The van der Waals surface area contributed by atoms with Gasteiger partial charge in [-0.2, -0.15) is 0 Å². The second-order valence-corrected chi connectivity index (χ2v) is 7.94. The Morgan fingerprint density at radius 2 is 1.70 bits per heavy atom. The fourth-order valence-electron chi connectivity index (χ4n) is 2.51. The van der Waals surface area contributed by atoms with Crippen molar-refractivity contribution >= 4 is 40.0 Å². The lowest BCUT2D eigenvalue weighted by Crippen LogP contribution is -2.13. The van der Waals surface area contributed by atoms with Crippen LogP contribution >= 0.6 is 23.3 Å². The Morgan fingerprint density at radius 1 is 0.933 bits per heavy atom. The molecule has 0 atom stereocenters. The van der Waals surface area contributed by atoms with Crippen LogP contribution in [0.1, 0.15) is 10.4 Å². The number of rotatable bonds is 6. The van der Waals surface area contributed by atoms with Crippen LogP contribution in [0.15, 0.2) is 77.7 Å². The largest absolute Gasteiger partial charge is 0.326 e. The Morgan fingerprint density at radius 3 is 2.47 bits per heavy atom. The third-order valence-electron chi connectivity index (χ3n) is 3.98. The number of carbonyl (C=O) groups is 1. The van der Waals surface area contributed by atoms with Gasteiger partial charge in [-0.15, -0.1) is 10.2 Å². The van der Waals surface area contributed by atoms with Gasteiger partial charge in [-0.05, 0) is 66.5 Å². The molecule has 1 amide bonds. The molecule has 0 aliphatic carbocycles. The minimum Gasteiger partial charge on any atom is -0.326 e. The minimum absolute atomic E-state index is 0.103. The summed E-state index contributed by atoms with van der Waals surface area (Å²) in [6.07, 6.45) is 0. The molecule has 0 saturated heterocycles. The van der Waals surface area contributed by atoms with E-state index in [1.165, 1.54) is 36.2 Å². The molecule has 0 aliphatic heterocycles. The molecule has 1 heterocycles. The highest BCUT2D eigenvalue weighted by atomic mass is 32.2. The van der Waals surface area contributed by atoms with E-state index in [1.807, 2.05) is 30.3 Å². The second kappa shape index (κ2) is 9.02. The number of aromatic nitrogens is 2. The summed E-state index contributed by atoms with van der Waals surface area (Å²) in [5.74, 6) is -1.62. The highest BCUT2D eigenvalue weighted by Crippen LogP contribution is 2.28. The van der Waals surface area contributed by atoms with E-state index < -0.39 is 11.7 Å². The van der Waals surface area contributed by atoms with Crippen LogP contribution < -0.4 is 10.0 Å². The van der Waals surface area contributed by atoms with E-state index in [0.717, 1.165) is 17.0 Å². The van der Waals surface area contributed by atoms with Gasteiger partial charge in [0.2, 0.25) is 5.13 Å². The average Bonchev–Trinajstić information content (AvgIpc) is 3.22. The third kappa shape index (κ3) is 4.81. The Kier molecular flexibility index (Phi) is 6.01. The first kappa shape index (κ1) is 20.0. The first-order valence-electron chi connectivity index (χ1n) is 8.77. The summed E-state index contributed by atoms with van der Waals surface area (Å²) in [5.41, 5.74) is 1.46. The van der Waals surface area contributed by atoms with E-state index in [0.29, 0.717) is 15.5 Å². The van der Waals surface area contributed by atoms with E-state index in [1.54, 1.807) is 18.2 Å². The number of nitrogens with zero attached hydrogens (tertiary/aromatic N) is 2. The molecule has 9 heteroatoms. The number of benzene rings is 3. The van der Waals surface area contributed by atoms with E-state index in [4.69, 9.17) is 0 Å². The normalized spacial score (nSPS) is 10.6. The highest BCUT2D eigenvalue weighted by molar-refractivity contribution is 8.00. The van der Waals surface area contributed by atoms with Crippen molar-refractivity contribution in [2.24, 2.45) is 0 Å². The van der Waals surface area contributed by atoms with Crippen molar-refractivity contribution in [1.29, 1.82) is 0 Å². The number of nitrogens with one attached hydrogen (secondary N) is 2. The third-order valence-corrected chi connectivity index (χ3v) is 5.69. The Balaban J connectivity index is 1.46. The molecule has 5 nitrogen and oxygen atoms in total. The van der Waals surface area contributed by atoms with Crippen molar-refractivity contribution in [3.05, 3.63) is 90.0 Å². The van der Waals surface area contributed by atoms with Gasteiger partial charge in [0.1, 0.15) is 16.6 Å². The number of carbonyl (C=O) groups excluding carboxylic acids is 1. The molecule has 0 unspecified atom stereocenters. The lowest BCUT2D eigenvalue weighted by Gasteiger charge is -2.08. The first-order valence-corrected chi connectivity index (χ1v) is 10.4. The molecule has 0 bridgehead atoms. The summed E-state index contributed by atoms with van der Waals surface area (Å²) < 4.78 is 30.4. The smallest absolute Gasteiger partial charge is 0.260 e. The molecule has 0 aliphatic rings. The van der Waals surface area contributed by atoms with Gasteiger partial charge in [0.05, 0.1) is 5.56 Å². The number of halogens is 2. The number of hydrogen-bond acceptors (Lipinski definition) is 6. The maximum atomic E-state index is 14.2. The molecule has 4 aromatic rings. The van der Waals surface area contributed by atoms with E-state index in [-0.39, 0.29) is 16.5 Å². The van der Waals surface area contributed by atoms with Gasteiger partial charge in [-0.1, -0.05) is 29.5 Å². The predicted octanol–water partition coefficient (Wildman–Crippen LogP) is 5.85. The summed E-state index contributed by atoms with van der Waals surface area (Å²) in [5, 5.41) is 11.2. The van der Waals surface area contributed by atoms with Crippen LogP contribution in [-0.2, 0) is 0 Å². The number of amides is 1. The molecule has 2 N–H and O–H groups in total. The summed E-state index contributed by atoms with van der Waals surface area (Å²) in [6.45, 7) is 0. The van der Waals surface area contributed by atoms with Gasteiger partial charge in [-0.25, -0.2) is 8.78 Å². The second-order valence-electron chi connectivity index (χ2n) is 6.09. The Labute approximate surface area is 179 Å². The molecule has 30 heavy (non-hydrogen) atoms. The van der Waals surface area contributed by atoms with Crippen molar-refractivity contribution in [1.82, 2.24) is 10.2 Å². The SMILES string of the molecule is O=C(Nc1nnc(-c2ccc(F)cc2)s1)c1cc(SNc2ccccc2)ccc1F. The van der Waals surface area contributed by atoms with Crippen LogP contribution in [0.3, 0.4) is 0 Å². The van der Waals surface area contributed by atoms with Crippen LogP contribution in [0.4, 0.5) is 19.6 Å². The zero-order chi connectivity index (χ0) is 20.9. The summed E-state index contributed by atoms with van der Waals surface area (Å²) in [7, 11) is 0. The fourth-order valence-corrected chi connectivity index (χ4v) is 3.94. The highest BCUT2D eigenvalue weighted by Gasteiger charge is 2.16.